The largest absolute Gasteiger partial charge is 0.353 e. The van der Waals surface area contributed by atoms with Crippen molar-refractivity contribution in [1.29, 1.82) is 0 Å². The van der Waals surface area contributed by atoms with E-state index in [-0.39, 0.29) is 5.91 Å². The lowest BCUT2D eigenvalue weighted by atomic mass is 10.3. The molecule has 1 radical (unpaired) electrons. The summed E-state index contributed by atoms with van der Waals surface area (Å²) < 4.78 is 0. The van der Waals surface area contributed by atoms with Crippen LogP contribution in [0, 0.1) is 7.05 Å². The Labute approximate surface area is 87.0 Å². The summed E-state index contributed by atoms with van der Waals surface area (Å²) in [5.74, 6) is -0.0622. The van der Waals surface area contributed by atoms with Gasteiger partial charge in [-0.15, -0.1) is 0 Å². The van der Waals surface area contributed by atoms with Crippen molar-refractivity contribution >= 4 is 5.91 Å². The van der Waals surface area contributed by atoms with Gasteiger partial charge in [-0.25, -0.2) is 0 Å². The van der Waals surface area contributed by atoms with E-state index in [0.717, 1.165) is 32.6 Å². The average molecular weight is 200 g/mol. The SMILES string of the molecule is [CH2]NC(=O)CNCCCN(CC)CC. The topological polar surface area (TPSA) is 44.4 Å². The minimum Gasteiger partial charge on any atom is -0.353 e. The van der Waals surface area contributed by atoms with Crippen LogP contribution in [0.5, 0.6) is 0 Å². The summed E-state index contributed by atoms with van der Waals surface area (Å²) in [5, 5.41) is 5.39. The molecule has 0 saturated carbocycles. The normalized spacial score (nSPS) is 10.6. The molecule has 4 nitrogen and oxygen atoms in total. The number of rotatable bonds is 8. The lowest BCUT2D eigenvalue weighted by molar-refractivity contribution is -0.119. The molecule has 0 aliphatic rings. The van der Waals surface area contributed by atoms with E-state index in [1.807, 2.05) is 0 Å². The molecule has 0 unspecified atom stereocenters. The molecule has 0 aliphatic heterocycles. The number of carbonyl (C=O) groups is 1. The smallest absolute Gasteiger partial charge is 0.234 e. The maximum absolute atomic E-state index is 10.8. The second-order valence-electron chi connectivity index (χ2n) is 3.16. The first kappa shape index (κ1) is 13.4. The minimum absolute atomic E-state index is 0.0622. The third kappa shape index (κ3) is 6.86. The molecule has 0 bridgehead atoms. The number of amides is 1. The molecule has 0 fully saturated rings. The monoisotopic (exact) mass is 200 g/mol. The third-order valence-corrected chi connectivity index (χ3v) is 2.21. The molecule has 1 amide bonds. The number of hydrogen-bond acceptors (Lipinski definition) is 3. The van der Waals surface area contributed by atoms with Crippen LogP contribution >= 0.6 is 0 Å². The Balaban J connectivity index is 3.24. The Morgan fingerprint density at radius 2 is 2.00 bits per heavy atom. The highest BCUT2D eigenvalue weighted by molar-refractivity contribution is 5.78. The lowest BCUT2D eigenvalue weighted by Gasteiger charge is -2.17. The van der Waals surface area contributed by atoms with Crippen molar-refractivity contribution in [3.63, 3.8) is 0 Å². The zero-order valence-electron chi connectivity index (χ0n) is 9.31. The van der Waals surface area contributed by atoms with Crippen LogP contribution in [0.15, 0.2) is 0 Å². The first-order valence-corrected chi connectivity index (χ1v) is 5.23. The number of hydrogen-bond donors (Lipinski definition) is 2. The summed E-state index contributed by atoms with van der Waals surface area (Å²) in [4.78, 5) is 13.1. The molecular formula is C10H22N3O. The van der Waals surface area contributed by atoms with Crippen LogP contribution in [0.25, 0.3) is 0 Å². The van der Waals surface area contributed by atoms with Gasteiger partial charge in [0, 0.05) is 7.05 Å². The van der Waals surface area contributed by atoms with Crippen LogP contribution in [0.3, 0.4) is 0 Å². The van der Waals surface area contributed by atoms with E-state index in [1.165, 1.54) is 0 Å². The summed E-state index contributed by atoms with van der Waals surface area (Å²) in [7, 11) is 3.29. The van der Waals surface area contributed by atoms with Gasteiger partial charge in [0.2, 0.25) is 5.91 Å². The second kappa shape index (κ2) is 8.97. The molecule has 0 aromatic rings. The van der Waals surface area contributed by atoms with Crippen molar-refractivity contribution in [3.05, 3.63) is 7.05 Å². The van der Waals surface area contributed by atoms with E-state index in [0.29, 0.717) is 6.54 Å². The van der Waals surface area contributed by atoms with Gasteiger partial charge in [0.05, 0.1) is 6.54 Å². The Kier molecular flexibility index (Phi) is 8.57. The predicted octanol–water partition coefficient (Wildman–Crippen LogP) is 0.216. The van der Waals surface area contributed by atoms with Gasteiger partial charge in [-0.1, -0.05) is 13.8 Å². The molecule has 14 heavy (non-hydrogen) atoms. The maximum Gasteiger partial charge on any atom is 0.234 e. The van der Waals surface area contributed by atoms with Crippen LogP contribution in [0.4, 0.5) is 0 Å². The summed E-state index contributed by atoms with van der Waals surface area (Å²) in [6, 6.07) is 0. The molecule has 0 saturated heterocycles. The molecule has 0 spiro atoms. The second-order valence-corrected chi connectivity index (χ2v) is 3.16. The first-order chi connectivity index (χ1) is 6.74. The zero-order chi connectivity index (χ0) is 10.8. The van der Waals surface area contributed by atoms with Crippen molar-refractivity contribution in [1.82, 2.24) is 15.5 Å². The third-order valence-electron chi connectivity index (χ3n) is 2.21. The first-order valence-electron chi connectivity index (χ1n) is 5.23. The highest BCUT2D eigenvalue weighted by Gasteiger charge is 1.99. The number of nitrogens with zero attached hydrogens (tertiary/aromatic N) is 1. The van der Waals surface area contributed by atoms with E-state index >= 15 is 0 Å². The van der Waals surface area contributed by atoms with E-state index in [2.05, 4.69) is 36.4 Å². The summed E-state index contributed by atoms with van der Waals surface area (Å²) >= 11 is 0. The fourth-order valence-electron chi connectivity index (χ4n) is 1.23. The van der Waals surface area contributed by atoms with E-state index in [4.69, 9.17) is 0 Å². The van der Waals surface area contributed by atoms with Crippen molar-refractivity contribution in [2.45, 2.75) is 20.3 Å². The number of nitrogens with one attached hydrogen (secondary N) is 2. The number of carbonyl (C=O) groups excluding carboxylic acids is 1. The standard InChI is InChI=1S/C10H22N3O/c1-4-13(5-2)8-6-7-12-9-10(14)11-3/h12H,3-9H2,1-2H3,(H,11,14). The lowest BCUT2D eigenvalue weighted by Crippen LogP contribution is -2.32. The van der Waals surface area contributed by atoms with Gasteiger partial charge in [0.25, 0.3) is 0 Å². The molecule has 0 aromatic carbocycles. The van der Waals surface area contributed by atoms with Gasteiger partial charge in [-0.2, -0.15) is 0 Å². The highest BCUT2D eigenvalue weighted by Crippen LogP contribution is 1.88. The summed E-state index contributed by atoms with van der Waals surface area (Å²) in [6.45, 7) is 8.84. The Morgan fingerprint density at radius 3 is 2.50 bits per heavy atom. The molecule has 0 heterocycles. The van der Waals surface area contributed by atoms with E-state index in [1.54, 1.807) is 0 Å². The fraction of sp³-hybridized carbons (Fsp3) is 0.800. The van der Waals surface area contributed by atoms with Gasteiger partial charge in [-0.3, -0.25) is 4.79 Å². The summed E-state index contributed by atoms with van der Waals surface area (Å²) in [6.07, 6.45) is 1.08. The molecule has 0 aromatic heterocycles. The Bertz CT molecular complexity index is 146. The molecule has 4 heteroatoms. The van der Waals surface area contributed by atoms with Crippen LogP contribution < -0.4 is 10.6 Å². The van der Waals surface area contributed by atoms with Gasteiger partial charge < -0.3 is 15.5 Å². The molecule has 0 rings (SSSR count). The molecule has 83 valence electrons. The van der Waals surface area contributed by atoms with Gasteiger partial charge in [-0.05, 0) is 32.6 Å². The molecule has 0 atom stereocenters. The molecule has 2 N–H and O–H groups in total. The molecular weight excluding hydrogens is 178 g/mol. The summed E-state index contributed by atoms with van der Waals surface area (Å²) in [5.41, 5.74) is 0. The average Bonchev–Trinajstić information content (AvgIpc) is 2.23. The van der Waals surface area contributed by atoms with Crippen LogP contribution in [-0.2, 0) is 4.79 Å². The molecule has 0 aliphatic carbocycles. The van der Waals surface area contributed by atoms with Crippen LogP contribution in [-0.4, -0.2) is 43.5 Å². The zero-order valence-corrected chi connectivity index (χ0v) is 9.31. The van der Waals surface area contributed by atoms with Crippen molar-refractivity contribution in [3.8, 4) is 0 Å². The van der Waals surface area contributed by atoms with Gasteiger partial charge in [0.1, 0.15) is 0 Å². The quantitative estimate of drug-likeness (QED) is 0.551. The minimum atomic E-state index is -0.0622. The van der Waals surface area contributed by atoms with E-state index < -0.39 is 0 Å². The van der Waals surface area contributed by atoms with Crippen LogP contribution in [0.1, 0.15) is 20.3 Å². The Hall–Kier alpha value is -0.610. The fourth-order valence-corrected chi connectivity index (χ4v) is 1.23. The maximum atomic E-state index is 10.8. The van der Waals surface area contributed by atoms with Gasteiger partial charge >= 0.3 is 0 Å². The predicted molar refractivity (Wildman–Crippen MR) is 58.8 cm³/mol. The van der Waals surface area contributed by atoms with Crippen molar-refractivity contribution < 1.29 is 4.79 Å². The van der Waals surface area contributed by atoms with Crippen LogP contribution in [0.2, 0.25) is 0 Å². The highest BCUT2D eigenvalue weighted by atomic mass is 16.1. The van der Waals surface area contributed by atoms with E-state index in [9.17, 15) is 4.79 Å². The van der Waals surface area contributed by atoms with Crippen molar-refractivity contribution in [2.24, 2.45) is 0 Å². The van der Waals surface area contributed by atoms with Gasteiger partial charge in [0.15, 0.2) is 0 Å². The Morgan fingerprint density at radius 1 is 1.36 bits per heavy atom. The van der Waals surface area contributed by atoms with Crippen molar-refractivity contribution in [2.75, 3.05) is 32.7 Å².